The Bertz CT molecular complexity index is 553. The van der Waals surface area contributed by atoms with Crippen molar-refractivity contribution in [3.05, 3.63) is 0 Å². The number of nitriles is 1. The van der Waals surface area contributed by atoms with Gasteiger partial charge in [0.1, 0.15) is 6.10 Å². The highest BCUT2D eigenvalue weighted by molar-refractivity contribution is 5.69. The molecular formula is C25H41NO2. The maximum atomic E-state index is 12.0. The van der Waals surface area contributed by atoms with Gasteiger partial charge >= 0.3 is 5.97 Å². The Labute approximate surface area is 172 Å². The predicted molar refractivity (Wildman–Crippen MR) is 112 cm³/mol. The van der Waals surface area contributed by atoms with Crippen LogP contribution in [0.2, 0.25) is 0 Å². The summed E-state index contributed by atoms with van der Waals surface area (Å²) in [5, 5.41) is 9.95. The summed E-state index contributed by atoms with van der Waals surface area (Å²) in [6.07, 6.45) is 17.1. The Balaban J connectivity index is 1.53. The van der Waals surface area contributed by atoms with Crippen molar-refractivity contribution >= 4 is 5.97 Å². The van der Waals surface area contributed by atoms with Crippen molar-refractivity contribution in [2.45, 2.75) is 116 Å². The zero-order valence-electron chi connectivity index (χ0n) is 18.3. The number of rotatable bonds is 8. The fourth-order valence-electron chi connectivity index (χ4n) is 6.65. The van der Waals surface area contributed by atoms with Gasteiger partial charge in [-0.05, 0) is 87.9 Å². The fourth-order valence-corrected chi connectivity index (χ4v) is 6.65. The van der Waals surface area contributed by atoms with Crippen LogP contribution in [0.5, 0.6) is 0 Å². The van der Waals surface area contributed by atoms with E-state index in [4.69, 9.17) is 4.74 Å². The van der Waals surface area contributed by atoms with Gasteiger partial charge in [0, 0.05) is 6.42 Å². The molecule has 0 aromatic rings. The van der Waals surface area contributed by atoms with Crippen molar-refractivity contribution in [1.29, 1.82) is 5.26 Å². The molecule has 0 aromatic heterocycles. The van der Waals surface area contributed by atoms with Crippen LogP contribution in [0.25, 0.3) is 0 Å². The van der Waals surface area contributed by atoms with E-state index in [0.717, 1.165) is 68.6 Å². The van der Waals surface area contributed by atoms with Crippen LogP contribution in [0.4, 0.5) is 0 Å². The minimum atomic E-state index is -0.0326. The van der Waals surface area contributed by atoms with Crippen LogP contribution < -0.4 is 0 Å². The Morgan fingerprint density at radius 2 is 1.75 bits per heavy atom. The quantitative estimate of drug-likeness (QED) is 0.340. The molecule has 28 heavy (non-hydrogen) atoms. The van der Waals surface area contributed by atoms with Gasteiger partial charge in [-0.25, -0.2) is 0 Å². The Hall–Kier alpha value is -1.04. The maximum absolute atomic E-state index is 12.0. The molecule has 158 valence electrons. The molecule has 0 radical (unpaired) electrons. The Morgan fingerprint density at radius 3 is 2.50 bits per heavy atom. The van der Waals surface area contributed by atoms with Gasteiger partial charge in [0.05, 0.1) is 11.5 Å². The van der Waals surface area contributed by atoms with Crippen LogP contribution in [0.15, 0.2) is 0 Å². The summed E-state index contributed by atoms with van der Waals surface area (Å²) in [6.45, 7) is 4.36. The topological polar surface area (TPSA) is 50.1 Å². The molecule has 3 nitrogen and oxygen atoms in total. The molecule has 3 heteroatoms. The second-order valence-electron chi connectivity index (χ2n) is 10.0. The highest BCUT2D eigenvalue weighted by atomic mass is 16.5. The van der Waals surface area contributed by atoms with E-state index in [9.17, 15) is 10.1 Å². The fraction of sp³-hybridized carbons (Fsp3) is 0.920. The van der Waals surface area contributed by atoms with Crippen LogP contribution in [-0.2, 0) is 9.53 Å². The zero-order valence-corrected chi connectivity index (χ0v) is 18.3. The van der Waals surface area contributed by atoms with Crippen molar-refractivity contribution in [3.63, 3.8) is 0 Å². The average molecular weight is 388 g/mol. The minimum absolute atomic E-state index is 0.0162. The largest absolute Gasteiger partial charge is 0.462 e. The predicted octanol–water partition coefficient (Wildman–Crippen LogP) is 6.81. The molecule has 0 spiro atoms. The summed E-state index contributed by atoms with van der Waals surface area (Å²) in [5.41, 5.74) is -0.0326. The van der Waals surface area contributed by atoms with E-state index in [1.54, 1.807) is 0 Å². The van der Waals surface area contributed by atoms with Gasteiger partial charge in [-0.3, -0.25) is 4.79 Å². The summed E-state index contributed by atoms with van der Waals surface area (Å²) < 4.78 is 5.80. The lowest BCUT2D eigenvalue weighted by Gasteiger charge is -2.52. The van der Waals surface area contributed by atoms with Gasteiger partial charge in [0.2, 0.25) is 0 Å². The number of hydrogen-bond donors (Lipinski definition) is 0. The molecule has 0 bridgehead atoms. The number of esters is 1. The number of unbranched alkanes of at least 4 members (excludes halogenated alkanes) is 3. The molecule has 0 aliphatic heterocycles. The SMILES string of the molecule is CCCCC[C@@]1(C#N)CCC2C(CCC3C[C@@H](OC(=O)CCCC)CCC32)C1. The molecule has 0 N–H and O–H groups in total. The van der Waals surface area contributed by atoms with Crippen LogP contribution in [0.3, 0.4) is 0 Å². The highest BCUT2D eigenvalue weighted by Gasteiger charge is 2.48. The van der Waals surface area contributed by atoms with Crippen LogP contribution >= 0.6 is 0 Å². The number of carbonyl (C=O) groups is 1. The van der Waals surface area contributed by atoms with E-state index < -0.39 is 0 Å². The van der Waals surface area contributed by atoms with Crippen LogP contribution in [-0.4, -0.2) is 12.1 Å². The Morgan fingerprint density at radius 1 is 1.00 bits per heavy atom. The molecule has 4 unspecified atom stereocenters. The normalized spacial score (nSPS) is 37.4. The van der Waals surface area contributed by atoms with Gasteiger partial charge in [-0.1, -0.05) is 39.5 Å². The first kappa shape index (κ1) is 21.7. The summed E-state index contributed by atoms with van der Waals surface area (Å²) in [4.78, 5) is 12.0. The Kier molecular flexibility index (Phi) is 7.84. The van der Waals surface area contributed by atoms with E-state index in [-0.39, 0.29) is 17.5 Å². The van der Waals surface area contributed by atoms with Crippen molar-refractivity contribution in [2.24, 2.45) is 29.1 Å². The first-order chi connectivity index (χ1) is 13.6. The van der Waals surface area contributed by atoms with E-state index in [0.29, 0.717) is 6.42 Å². The molecular weight excluding hydrogens is 346 g/mol. The van der Waals surface area contributed by atoms with Crippen molar-refractivity contribution < 1.29 is 9.53 Å². The summed E-state index contributed by atoms with van der Waals surface area (Å²) >= 11 is 0. The van der Waals surface area contributed by atoms with Crippen LogP contribution in [0, 0.1) is 40.4 Å². The third-order valence-corrected chi connectivity index (χ3v) is 8.19. The van der Waals surface area contributed by atoms with Gasteiger partial charge in [0.15, 0.2) is 0 Å². The number of ether oxygens (including phenoxy) is 1. The molecule has 6 atom stereocenters. The van der Waals surface area contributed by atoms with Gasteiger partial charge < -0.3 is 4.74 Å². The van der Waals surface area contributed by atoms with Crippen molar-refractivity contribution in [2.75, 3.05) is 0 Å². The second-order valence-corrected chi connectivity index (χ2v) is 10.0. The first-order valence-electron chi connectivity index (χ1n) is 12.2. The standard InChI is InChI=1S/C25H41NO2/c1-3-5-7-14-25(18-26)15-13-23-20(17-25)10-9-19-16-21(11-12-22(19)23)28-24(27)8-6-4-2/h19-23H,3-17H2,1-2H3/t19?,20?,21-,22?,23?,25+/m0/s1. The average Bonchev–Trinajstić information content (AvgIpc) is 2.72. The summed E-state index contributed by atoms with van der Waals surface area (Å²) in [7, 11) is 0. The number of carbonyl (C=O) groups excluding carboxylic acids is 1. The maximum Gasteiger partial charge on any atom is 0.306 e. The third-order valence-electron chi connectivity index (χ3n) is 8.19. The van der Waals surface area contributed by atoms with E-state index in [1.807, 2.05) is 0 Å². The molecule has 0 aromatic carbocycles. The van der Waals surface area contributed by atoms with Gasteiger partial charge in [-0.15, -0.1) is 0 Å². The first-order valence-corrected chi connectivity index (χ1v) is 12.2. The summed E-state index contributed by atoms with van der Waals surface area (Å²) in [5.74, 6) is 3.16. The zero-order chi connectivity index (χ0) is 20.0. The van der Waals surface area contributed by atoms with E-state index >= 15 is 0 Å². The molecule has 3 saturated carbocycles. The van der Waals surface area contributed by atoms with Gasteiger partial charge in [-0.2, -0.15) is 5.26 Å². The molecule has 3 rings (SSSR count). The lowest BCUT2D eigenvalue weighted by molar-refractivity contribution is -0.154. The van der Waals surface area contributed by atoms with Gasteiger partial charge in [0.25, 0.3) is 0 Å². The van der Waals surface area contributed by atoms with E-state index in [1.165, 1.54) is 44.9 Å². The van der Waals surface area contributed by atoms with Crippen molar-refractivity contribution in [3.8, 4) is 6.07 Å². The third kappa shape index (κ3) is 5.11. The molecule has 0 heterocycles. The minimum Gasteiger partial charge on any atom is -0.462 e. The van der Waals surface area contributed by atoms with E-state index in [2.05, 4.69) is 19.9 Å². The van der Waals surface area contributed by atoms with Crippen molar-refractivity contribution in [1.82, 2.24) is 0 Å². The number of nitrogens with zero attached hydrogens (tertiary/aromatic N) is 1. The molecule has 3 fully saturated rings. The monoisotopic (exact) mass is 387 g/mol. The lowest BCUT2D eigenvalue weighted by Crippen LogP contribution is -2.45. The molecule has 0 amide bonds. The highest BCUT2D eigenvalue weighted by Crippen LogP contribution is 2.56. The smallest absolute Gasteiger partial charge is 0.306 e. The second kappa shape index (κ2) is 10.1. The lowest BCUT2D eigenvalue weighted by atomic mass is 9.53. The summed E-state index contributed by atoms with van der Waals surface area (Å²) in [6, 6.07) is 2.77. The molecule has 0 saturated heterocycles. The number of hydrogen-bond acceptors (Lipinski definition) is 3. The molecule has 3 aliphatic carbocycles. The number of fused-ring (bicyclic) bond motifs is 3. The molecule has 3 aliphatic rings. The van der Waals surface area contributed by atoms with Crippen LogP contribution in [0.1, 0.15) is 110 Å².